The Morgan fingerprint density at radius 2 is 1.40 bits per heavy atom. The molecular formula is C18H20N2. The number of benzene rings is 2. The molecule has 0 atom stereocenters. The first kappa shape index (κ1) is 13.9. The summed E-state index contributed by atoms with van der Waals surface area (Å²) in [5, 5.41) is 6.73. The van der Waals surface area contributed by atoms with Crippen molar-refractivity contribution in [1.82, 2.24) is 0 Å². The Bertz CT molecular complexity index is 581. The molecule has 0 saturated heterocycles. The SMILES string of the molecule is C/C=C\C(=C/C)Nc1ccc(Nc2ccccc2)cc1. The summed E-state index contributed by atoms with van der Waals surface area (Å²) >= 11 is 0. The molecule has 0 fully saturated rings. The van der Waals surface area contributed by atoms with Crippen molar-refractivity contribution < 1.29 is 0 Å². The highest BCUT2D eigenvalue weighted by molar-refractivity contribution is 5.63. The zero-order chi connectivity index (χ0) is 14.2. The fraction of sp³-hybridized carbons (Fsp3) is 0.111. The molecule has 0 aliphatic rings. The standard InChI is InChI=1S/C18H20N2/c1-3-8-15(4-2)19-17-11-13-18(14-12-17)20-16-9-6-5-7-10-16/h3-14,19-20H,1-2H3/b8-3-,15-4+. The molecule has 0 heterocycles. The molecule has 0 aliphatic heterocycles. The first-order valence-electron chi connectivity index (χ1n) is 6.80. The van der Waals surface area contributed by atoms with E-state index < -0.39 is 0 Å². The van der Waals surface area contributed by atoms with Gasteiger partial charge >= 0.3 is 0 Å². The molecule has 0 aromatic heterocycles. The minimum absolute atomic E-state index is 1.08. The van der Waals surface area contributed by atoms with Crippen LogP contribution >= 0.6 is 0 Å². The van der Waals surface area contributed by atoms with Gasteiger partial charge in [0.05, 0.1) is 0 Å². The Labute approximate surface area is 120 Å². The Balaban J connectivity index is 2.03. The Morgan fingerprint density at radius 3 is 2.00 bits per heavy atom. The summed E-state index contributed by atoms with van der Waals surface area (Å²) in [5.41, 5.74) is 4.34. The lowest BCUT2D eigenvalue weighted by atomic mass is 10.2. The van der Waals surface area contributed by atoms with Crippen molar-refractivity contribution in [2.75, 3.05) is 10.6 Å². The Hall–Kier alpha value is -2.48. The lowest BCUT2D eigenvalue weighted by molar-refractivity contribution is 1.43. The van der Waals surface area contributed by atoms with E-state index in [0.29, 0.717) is 0 Å². The van der Waals surface area contributed by atoms with Gasteiger partial charge in [-0.05, 0) is 56.3 Å². The van der Waals surface area contributed by atoms with Crippen LogP contribution in [0.1, 0.15) is 13.8 Å². The third-order valence-electron chi connectivity index (χ3n) is 2.89. The Morgan fingerprint density at radius 1 is 0.800 bits per heavy atom. The zero-order valence-corrected chi connectivity index (χ0v) is 11.9. The van der Waals surface area contributed by atoms with Crippen molar-refractivity contribution in [3.8, 4) is 0 Å². The van der Waals surface area contributed by atoms with Gasteiger partial charge in [-0.3, -0.25) is 0 Å². The van der Waals surface area contributed by atoms with Gasteiger partial charge in [0.1, 0.15) is 0 Å². The minimum atomic E-state index is 1.08. The molecule has 102 valence electrons. The van der Waals surface area contributed by atoms with Crippen molar-refractivity contribution >= 4 is 17.1 Å². The predicted octanol–water partition coefficient (Wildman–Crippen LogP) is 5.32. The second-order valence-electron chi connectivity index (χ2n) is 4.44. The second-order valence-corrected chi connectivity index (χ2v) is 4.44. The van der Waals surface area contributed by atoms with Crippen LogP contribution in [0.25, 0.3) is 0 Å². The molecule has 2 aromatic carbocycles. The topological polar surface area (TPSA) is 24.1 Å². The van der Waals surface area contributed by atoms with E-state index in [9.17, 15) is 0 Å². The smallest absolute Gasteiger partial charge is 0.0385 e. The van der Waals surface area contributed by atoms with E-state index in [1.807, 2.05) is 38.1 Å². The summed E-state index contributed by atoms with van der Waals surface area (Å²) in [6, 6.07) is 18.4. The third kappa shape index (κ3) is 4.02. The van der Waals surface area contributed by atoms with Crippen LogP contribution in [0.3, 0.4) is 0 Å². The fourth-order valence-corrected chi connectivity index (χ4v) is 1.88. The van der Waals surface area contributed by atoms with E-state index in [1.165, 1.54) is 0 Å². The van der Waals surface area contributed by atoms with E-state index in [4.69, 9.17) is 0 Å². The third-order valence-corrected chi connectivity index (χ3v) is 2.89. The number of para-hydroxylation sites is 1. The molecule has 0 bridgehead atoms. The van der Waals surface area contributed by atoms with Crippen LogP contribution in [0.2, 0.25) is 0 Å². The van der Waals surface area contributed by atoms with Gasteiger partial charge in [0.2, 0.25) is 0 Å². The van der Waals surface area contributed by atoms with Gasteiger partial charge < -0.3 is 10.6 Å². The maximum atomic E-state index is 3.37. The highest BCUT2D eigenvalue weighted by Crippen LogP contribution is 2.19. The summed E-state index contributed by atoms with van der Waals surface area (Å²) in [4.78, 5) is 0. The maximum absolute atomic E-state index is 3.37. The van der Waals surface area contributed by atoms with Gasteiger partial charge in [-0.2, -0.15) is 0 Å². The number of anilines is 3. The molecule has 2 heteroatoms. The summed E-state index contributed by atoms with van der Waals surface area (Å²) < 4.78 is 0. The normalized spacial score (nSPS) is 11.6. The molecule has 20 heavy (non-hydrogen) atoms. The molecular weight excluding hydrogens is 244 g/mol. The number of hydrogen-bond donors (Lipinski definition) is 2. The van der Waals surface area contributed by atoms with Crippen LogP contribution in [0.5, 0.6) is 0 Å². The highest BCUT2D eigenvalue weighted by atomic mass is 14.9. The van der Waals surface area contributed by atoms with Crippen molar-refractivity contribution in [2.24, 2.45) is 0 Å². The van der Waals surface area contributed by atoms with Crippen LogP contribution in [-0.2, 0) is 0 Å². The largest absolute Gasteiger partial charge is 0.356 e. The quantitative estimate of drug-likeness (QED) is 0.714. The molecule has 2 N–H and O–H groups in total. The first-order chi connectivity index (χ1) is 9.81. The van der Waals surface area contributed by atoms with Gasteiger partial charge in [0, 0.05) is 22.8 Å². The van der Waals surface area contributed by atoms with Crippen molar-refractivity contribution in [3.05, 3.63) is 78.5 Å². The molecule has 2 rings (SSSR count). The summed E-state index contributed by atoms with van der Waals surface area (Å²) in [7, 11) is 0. The van der Waals surface area contributed by atoms with Crippen LogP contribution < -0.4 is 10.6 Å². The summed E-state index contributed by atoms with van der Waals surface area (Å²) in [5.74, 6) is 0. The lowest BCUT2D eigenvalue weighted by Crippen LogP contribution is -1.96. The average Bonchev–Trinajstić information content (AvgIpc) is 2.50. The van der Waals surface area contributed by atoms with Crippen LogP contribution in [-0.4, -0.2) is 0 Å². The van der Waals surface area contributed by atoms with E-state index in [1.54, 1.807) is 0 Å². The van der Waals surface area contributed by atoms with E-state index >= 15 is 0 Å². The monoisotopic (exact) mass is 264 g/mol. The highest BCUT2D eigenvalue weighted by Gasteiger charge is 1.96. The molecule has 0 spiro atoms. The molecule has 0 amide bonds. The van der Waals surface area contributed by atoms with Gasteiger partial charge in [0.25, 0.3) is 0 Å². The second kappa shape index (κ2) is 7.19. The zero-order valence-electron chi connectivity index (χ0n) is 11.9. The van der Waals surface area contributed by atoms with Crippen molar-refractivity contribution in [2.45, 2.75) is 13.8 Å². The maximum Gasteiger partial charge on any atom is 0.0385 e. The number of hydrogen-bond acceptors (Lipinski definition) is 2. The van der Waals surface area contributed by atoms with Crippen LogP contribution in [0.15, 0.2) is 78.5 Å². The summed E-state index contributed by atoms with van der Waals surface area (Å²) in [6.07, 6.45) is 6.12. The number of nitrogens with one attached hydrogen (secondary N) is 2. The van der Waals surface area contributed by atoms with Gasteiger partial charge in [-0.15, -0.1) is 0 Å². The molecule has 0 radical (unpaired) electrons. The van der Waals surface area contributed by atoms with E-state index in [0.717, 1.165) is 22.8 Å². The van der Waals surface area contributed by atoms with Crippen LogP contribution in [0.4, 0.5) is 17.1 Å². The number of allylic oxidation sites excluding steroid dienone is 3. The molecule has 2 aromatic rings. The molecule has 2 nitrogen and oxygen atoms in total. The minimum Gasteiger partial charge on any atom is -0.356 e. The van der Waals surface area contributed by atoms with Crippen molar-refractivity contribution in [3.63, 3.8) is 0 Å². The molecule has 0 unspecified atom stereocenters. The van der Waals surface area contributed by atoms with Gasteiger partial charge in [-0.1, -0.05) is 30.4 Å². The van der Waals surface area contributed by atoms with Crippen LogP contribution in [0, 0.1) is 0 Å². The fourth-order valence-electron chi connectivity index (χ4n) is 1.88. The first-order valence-corrected chi connectivity index (χ1v) is 6.80. The summed E-state index contributed by atoms with van der Waals surface area (Å²) in [6.45, 7) is 4.03. The van der Waals surface area contributed by atoms with Gasteiger partial charge in [0.15, 0.2) is 0 Å². The molecule has 0 saturated carbocycles. The van der Waals surface area contributed by atoms with Crippen molar-refractivity contribution in [1.29, 1.82) is 0 Å². The molecule has 0 aliphatic carbocycles. The van der Waals surface area contributed by atoms with E-state index in [-0.39, 0.29) is 0 Å². The lowest BCUT2D eigenvalue weighted by Gasteiger charge is -2.09. The average molecular weight is 264 g/mol. The van der Waals surface area contributed by atoms with Gasteiger partial charge in [-0.25, -0.2) is 0 Å². The predicted molar refractivity (Wildman–Crippen MR) is 88.4 cm³/mol. The Kier molecular flexibility index (Phi) is 5.01. The van der Waals surface area contributed by atoms with E-state index in [2.05, 4.69) is 59.2 Å². The number of rotatable bonds is 5.